The van der Waals surface area contributed by atoms with Crippen LogP contribution in [0.25, 0.3) is 10.9 Å². The lowest BCUT2D eigenvalue weighted by Crippen LogP contribution is -2.07. The van der Waals surface area contributed by atoms with Crippen molar-refractivity contribution in [2.24, 2.45) is 0 Å². The molecule has 0 aliphatic carbocycles. The topological polar surface area (TPSA) is 27.8 Å². The number of H-pyrrole nitrogens is 1. The quantitative estimate of drug-likeness (QED) is 0.546. The van der Waals surface area contributed by atoms with E-state index in [9.17, 15) is 17.6 Å². The second kappa shape index (κ2) is 5.12. The molecule has 0 aliphatic rings. The molecule has 1 aromatic heterocycles. The highest BCUT2D eigenvalue weighted by molar-refractivity contribution is 5.79. The fourth-order valence-electron chi connectivity index (χ4n) is 2.13. The number of hydrogen-bond donors (Lipinski definition) is 2. The van der Waals surface area contributed by atoms with Crippen LogP contribution < -0.4 is 5.32 Å². The molecule has 0 radical (unpaired) electrons. The highest BCUT2D eigenvalue weighted by atomic mass is 19.2. The summed E-state index contributed by atoms with van der Waals surface area (Å²) in [6.07, 6.45) is 1.77. The molecule has 1 heterocycles. The summed E-state index contributed by atoms with van der Waals surface area (Å²) in [7, 11) is 0. The molecular weight excluding hydrogens is 284 g/mol. The van der Waals surface area contributed by atoms with Crippen LogP contribution in [-0.4, -0.2) is 4.98 Å². The van der Waals surface area contributed by atoms with Gasteiger partial charge in [0.05, 0.1) is 0 Å². The first-order chi connectivity index (χ1) is 10.1. The summed E-state index contributed by atoms with van der Waals surface area (Å²) >= 11 is 0. The van der Waals surface area contributed by atoms with Gasteiger partial charge in [-0.15, -0.1) is 0 Å². The van der Waals surface area contributed by atoms with E-state index in [-0.39, 0.29) is 12.6 Å². The van der Waals surface area contributed by atoms with E-state index in [0.29, 0.717) is 0 Å². The van der Waals surface area contributed by atoms with E-state index in [2.05, 4.69) is 10.3 Å². The van der Waals surface area contributed by atoms with E-state index in [4.69, 9.17) is 0 Å². The van der Waals surface area contributed by atoms with Crippen molar-refractivity contribution in [3.05, 3.63) is 65.4 Å². The summed E-state index contributed by atoms with van der Waals surface area (Å²) < 4.78 is 53.2. The summed E-state index contributed by atoms with van der Waals surface area (Å²) in [5.41, 5.74) is 0.847. The van der Waals surface area contributed by atoms with Crippen LogP contribution >= 0.6 is 0 Å². The maximum absolute atomic E-state index is 13.5. The largest absolute Gasteiger partial charge is 0.376 e. The van der Waals surface area contributed by atoms with Crippen LogP contribution in [0.3, 0.4) is 0 Å². The zero-order chi connectivity index (χ0) is 15.0. The SMILES string of the molecule is Fc1cc(F)c(F)c(NCc2ccc3[nH]ccc3c2)c1F. The van der Waals surface area contributed by atoms with Gasteiger partial charge in [-0.2, -0.15) is 0 Å². The minimum Gasteiger partial charge on any atom is -0.376 e. The smallest absolute Gasteiger partial charge is 0.185 e. The molecule has 0 aliphatic heterocycles. The second-order valence-corrected chi connectivity index (χ2v) is 4.60. The number of hydrogen-bond acceptors (Lipinski definition) is 1. The van der Waals surface area contributed by atoms with Crippen molar-refractivity contribution in [2.45, 2.75) is 6.54 Å². The number of aromatic amines is 1. The predicted octanol–water partition coefficient (Wildman–Crippen LogP) is 4.34. The highest BCUT2D eigenvalue weighted by Gasteiger charge is 2.18. The van der Waals surface area contributed by atoms with Gasteiger partial charge in [0.25, 0.3) is 0 Å². The molecule has 0 bridgehead atoms. The highest BCUT2D eigenvalue weighted by Crippen LogP contribution is 2.25. The first-order valence-electron chi connectivity index (χ1n) is 6.19. The monoisotopic (exact) mass is 294 g/mol. The Balaban J connectivity index is 1.87. The molecular formula is C15H10F4N2. The van der Waals surface area contributed by atoms with Crippen molar-refractivity contribution in [1.29, 1.82) is 0 Å². The third-order valence-corrected chi connectivity index (χ3v) is 3.20. The molecule has 0 saturated heterocycles. The standard InChI is InChI=1S/C15H10F4N2/c16-10-6-11(17)14(19)15(13(10)18)21-7-8-1-2-12-9(5-8)3-4-20-12/h1-6,20-21H,7H2. The first kappa shape index (κ1) is 13.5. The molecule has 2 N–H and O–H groups in total. The van der Waals surface area contributed by atoms with Crippen molar-refractivity contribution < 1.29 is 17.6 Å². The number of halogens is 4. The van der Waals surface area contributed by atoms with Gasteiger partial charge in [0.1, 0.15) is 5.69 Å². The minimum absolute atomic E-state index is 0.0395. The van der Waals surface area contributed by atoms with E-state index < -0.39 is 29.0 Å². The maximum atomic E-state index is 13.5. The van der Waals surface area contributed by atoms with E-state index in [1.807, 2.05) is 18.2 Å². The Morgan fingerprint density at radius 3 is 2.33 bits per heavy atom. The molecule has 3 rings (SSSR count). The third kappa shape index (κ3) is 2.44. The van der Waals surface area contributed by atoms with Crippen molar-refractivity contribution >= 4 is 16.6 Å². The average molecular weight is 294 g/mol. The van der Waals surface area contributed by atoms with Gasteiger partial charge in [0, 0.05) is 24.3 Å². The van der Waals surface area contributed by atoms with E-state index in [1.165, 1.54) is 0 Å². The van der Waals surface area contributed by atoms with Crippen LogP contribution in [0.1, 0.15) is 5.56 Å². The van der Waals surface area contributed by atoms with Gasteiger partial charge in [-0.3, -0.25) is 0 Å². The molecule has 0 atom stereocenters. The van der Waals surface area contributed by atoms with Crippen LogP contribution in [0.5, 0.6) is 0 Å². The lowest BCUT2D eigenvalue weighted by atomic mass is 10.1. The Kier molecular flexibility index (Phi) is 3.29. The van der Waals surface area contributed by atoms with Gasteiger partial charge in [0.15, 0.2) is 23.3 Å². The van der Waals surface area contributed by atoms with Gasteiger partial charge in [0.2, 0.25) is 0 Å². The maximum Gasteiger partial charge on any atom is 0.185 e. The van der Waals surface area contributed by atoms with Crippen molar-refractivity contribution in [3.8, 4) is 0 Å². The molecule has 6 heteroatoms. The fourth-order valence-corrected chi connectivity index (χ4v) is 2.13. The van der Waals surface area contributed by atoms with E-state index in [1.54, 1.807) is 12.3 Å². The minimum atomic E-state index is -1.43. The number of aromatic nitrogens is 1. The van der Waals surface area contributed by atoms with E-state index in [0.717, 1.165) is 16.5 Å². The fraction of sp³-hybridized carbons (Fsp3) is 0.0667. The molecule has 3 aromatic rings. The van der Waals surface area contributed by atoms with Crippen molar-refractivity contribution in [3.63, 3.8) is 0 Å². The summed E-state index contributed by atoms with van der Waals surface area (Å²) in [6, 6.07) is 7.40. The second-order valence-electron chi connectivity index (χ2n) is 4.60. The van der Waals surface area contributed by atoms with Crippen LogP contribution in [-0.2, 0) is 6.54 Å². The van der Waals surface area contributed by atoms with Gasteiger partial charge in [-0.1, -0.05) is 6.07 Å². The summed E-state index contributed by atoms with van der Waals surface area (Å²) in [5.74, 6) is -5.73. The molecule has 0 amide bonds. The average Bonchev–Trinajstić information content (AvgIpc) is 2.92. The number of anilines is 1. The zero-order valence-electron chi connectivity index (χ0n) is 10.7. The van der Waals surface area contributed by atoms with Gasteiger partial charge < -0.3 is 10.3 Å². The molecule has 0 fully saturated rings. The van der Waals surface area contributed by atoms with Crippen molar-refractivity contribution in [2.75, 3.05) is 5.32 Å². The van der Waals surface area contributed by atoms with Crippen LogP contribution in [0.4, 0.5) is 23.2 Å². The molecule has 0 saturated carbocycles. The number of benzene rings is 2. The summed E-state index contributed by atoms with van der Waals surface area (Å²) in [5, 5.41) is 3.33. The Labute approximate surface area is 117 Å². The number of rotatable bonds is 3. The van der Waals surface area contributed by atoms with Crippen LogP contribution in [0.15, 0.2) is 36.5 Å². The van der Waals surface area contributed by atoms with Gasteiger partial charge >= 0.3 is 0 Å². The van der Waals surface area contributed by atoms with Crippen LogP contribution in [0, 0.1) is 23.3 Å². The lowest BCUT2D eigenvalue weighted by molar-refractivity contribution is 0.458. The Bertz CT molecular complexity index is 785. The molecule has 2 nitrogen and oxygen atoms in total. The number of nitrogens with one attached hydrogen (secondary N) is 2. The van der Waals surface area contributed by atoms with E-state index >= 15 is 0 Å². The summed E-state index contributed by atoms with van der Waals surface area (Å²) in [6.45, 7) is 0.0395. The predicted molar refractivity (Wildman–Crippen MR) is 71.9 cm³/mol. The number of fused-ring (bicyclic) bond motifs is 1. The third-order valence-electron chi connectivity index (χ3n) is 3.20. The molecule has 21 heavy (non-hydrogen) atoms. The molecule has 0 unspecified atom stereocenters. The Morgan fingerprint density at radius 1 is 0.905 bits per heavy atom. The Morgan fingerprint density at radius 2 is 1.62 bits per heavy atom. The van der Waals surface area contributed by atoms with Gasteiger partial charge in [-0.05, 0) is 29.1 Å². The van der Waals surface area contributed by atoms with Crippen LogP contribution in [0.2, 0.25) is 0 Å². The normalized spacial score (nSPS) is 11.0. The van der Waals surface area contributed by atoms with Gasteiger partial charge in [-0.25, -0.2) is 17.6 Å². The molecule has 108 valence electrons. The lowest BCUT2D eigenvalue weighted by Gasteiger charge is -2.10. The van der Waals surface area contributed by atoms with Crippen molar-refractivity contribution in [1.82, 2.24) is 4.98 Å². The Hall–Kier alpha value is -2.50. The zero-order valence-corrected chi connectivity index (χ0v) is 10.7. The molecule has 0 spiro atoms. The first-order valence-corrected chi connectivity index (χ1v) is 6.19. The summed E-state index contributed by atoms with van der Waals surface area (Å²) in [4.78, 5) is 3.01. The molecule has 2 aromatic carbocycles.